The van der Waals surface area contributed by atoms with E-state index in [2.05, 4.69) is 112 Å². The maximum atomic E-state index is 5.28. The van der Waals surface area contributed by atoms with Gasteiger partial charge in [-0.05, 0) is 29.3 Å². The molecule has 0 fully saturated rings. The number of nitrogens with zero attached hydrogens (tertiary/aromatic N) is 4. The third-order valence-corrected chi connectivity index (χ3v) is 12.1. The summed E-state index contributed by atoms with van der Waals surface area (Å²) in [6.45, 7) is 17.5. The Balaban J connectivity index is 1.85. The van der Waals surface area contributed by atoms with Crippen LogP contribution in [0.15, 0.2) is 66.9 Å². The summed E-state index contributed by atoms with van der Waals surface area (Å²) in [6.07, 6.45) is 2.01. The number of para-hydroxylation sites is 2. The highest BCUT2D eigenvalue weighted by Crippen LogP contribution is 2.54. The topological polar surface area (TPSA) is 32.3 Å². The zero-order valence-electron chi connectivity index (χ0n) is 19.8. The van der Waals surface area contributed by atoms with Crippen molar-refractivity contribution >= 4 is 31.1 Å². The normalized spacial score (nSPS) is 14.7. The fourth-order valence-corrected chi connectivity index (χ4v) is 6.21. The van der Waals surface area contributed by atoms with Crippen molar-refractivity contribution in [3.05, 3.63) is 72.6 Å². The zero-order valence-corrected chi connectivity index (χ0v) is 20.8. The van der Waals surface area contributed by atoms with Crippen molar-refractivity contribution in [2.45, 2.75) is 57.8 Å². The monoisotopic (exact) mass is 430 g/mol. The number of rotatable bonds is 5. The summed E-state index contributed by atoms with van der Waals surface area (Å²) in [5.74, 6) is 1.85. The van der Waals surface area contributed by atoms with E-state index < -0.39 is 8.07 Å². The van der Waals surface area contributed by atoms with E-state index in [9.17, 15) is 0 Å². The first-order valence-electron chi connectivity index (χ1n) is 11.1. The van der Waals surface area contributed by atoms with Crippen molar-refractivity contribution in [3.8, 4) is 0 Å². The van der Waals surface area contributed by atoms with E-state index in [0.29, 0.717) is 6.67 Å². The van der Waals surface area contributed by atoms with Crippen LogP contribution in [0, 0.1) is 0 Å². The minimum absolute atomic E-state index is 0.0952. The van der Waals surface area contributed by atoms with Crippen LogP contribution in [0.3, 0.4) is 0 Å². The molecule has 0 bridgehead atoms. The second-order valence-corrected chi connectivity index (χ2v) is 16.3. The van der Waals surface area contributed by atoms with E-state index in [1.807, 2.05) is 12.3 Å². The molecule has 162 valence electrons. The third-order valence-electron chi connectivity index (χ3n) is 7.74. The number of anilines is 4. The van der Waals surface area contributed by atoms with Gasteiger partial charge >= 0.3 is 0 Å². The van der Waals surface area contributed by atoms with E-state index >= 15 is 0 Å². The van der Waals surface area contributed by atoms with Gasteiger partial charge in [-0.2, -0.15) is 0 Å². The maximum Gasteiger partial charge on any atom is 0.178 e. The molecule has 0 saturated heterocycles. The molecule has 1 aromatic heterocycles. The summed E-state index contributed by atoms with van der Waals surface area (Å²) in [6, 6.07) is 20.9. The maximum absolute atomic E-state index is 5.28. The van der Waals surface area contributed by atoms with Gasteiger partial charge in [0, 0.05) is 16.8 Å². The predicted molar refractivity (Wildman–Crippen MR) is 134 cm³/mol. The molecule has 31 heavy (non-hydrogen) atoms. The Labute approximate surface area is 188 Å². The lowest BCUT2D eigenvalue weighted by Crippen LogP contribution is -2.48. The quantitative estimate of drug-likeness (QED) is 0.403. The van der Waals surface area contributed by atoms with E-state index in [1.54, 1.807) is 0 Å². The third kappa shape index (κ3) is 3.55. The lowest BCUT2D eigenvalue weighted by atomic mass is 9.77. The lowest BCUT2D eigenvalue weighted by molar-refractivity contribution is 0.366. The summed E-state index contributed by atoms with van der Waals surface area (Å²) in [5, 5.41) is 0.151. The highest BCUT2D eigenvalue weighted by Gasteiger charge is 2.49. The Morgan fingerprint density at radius 3 is 1.71 bits per heavy atom. The second-order valence-electron chi connectivity index (χ2n) is 10.6. The average Bonchev–Trinajstić information content (AvgIpc) is 3.13. The fourth-order valence-electron chi connectivity index (χ4n) is 4.20. The van der Waals surface area contributed by atoms with Gasteiger partial charge in [0.15, 0.2) is 11.6 Å². The molecule has 4 rings (SSSR count). The molecule has 4 nitrogen and oxygen atoms in total. The van der Waals surface area contributed by atoms with E-state index in [1.165, 1.54) is 0 Å². The van der Waals surface area contributed by atoms with E-state index in [4.69, 9.17) is 9.97 Å². The van der Waals surface area contributed by atoms with Gasteiger partial charge in [-0.15, -0.1) is 0 Å². The molecule has 0 N–H and O–H groups in total. The molecule has 0 atom stereocenters. The summed E-state index contributed by atoms with van der Waals surface area (Å²) >= 11 is 0. The SMILES string of the molecule is CC(C)(c1cnc2c(n1)N(c1ccccc1)CN2c1ccccc1)C(C)(C)[Si](C)(C)C. The highest BCUT2D eigenvalue weighted by molar-refractivity contribution is 6.79. The number of fused-ring (bicyclic) bond motifs is 1. The van der Waals surface area contributed by atoms with Gasteiger partial charge < -0.3 is 9.80 Å². The van der Waals surface area contributed by atoms with Crippen molar-refractivity contribution in [1.82, 2.24) is 9.97 Å². The first-order valence-corrected chi connectivity index (χ1v) is 14.6. The zero-order chi connectivity index (χ0) is 22.4. The van der Waals surface area contributed by atoms with Crippen molar-refractivity contribution in [2.24, 2.45) is 0 Å². The molecule has 2 heterocycles. The molecule has 0 spiro atoms. The van der Waals surface area contributed by atoms with Crippen LogP contribution in [-0.2, 0) is 5.41 Å². The number of aromatic nitrogens is 2. The molecule has 0 radical (unpaired) electrons. The standard InChI is InChI=1S/C26H34N4Si/c1-25(2,26(3,4)31(5,6)7)22-18-27-23-24(28-22)30(21-16-12-9-13-17-21)19-29(23)20-14-10-8-11-15-20/h8-18H,19H2,1-7H3. The molecule has 2 aromatic carbocycles. The van der Waals surface area contributed by atoms with Gasteiger partial charge in [0.2, 0.25) is 0 Å². The summed E-state index contributed by atoms with van der Waals surface area (Å²) in [7, 11) is -1.47. The fraction of sp³-hybridized carbons (Fsp3) is 0.385. The Hall–Kier alpha value is -2.66. The van der Waals surface area contributed by atoms with Gasteiger partial charge in [-0.25, -0.2) is 9.97 Å². The Bertz CT molecular complexity index is 1060. The van der Waals surface area contributed by atoms with Crippen LogP contribution in [0.2, 0.25) is 24.7 Å². The van der Waals surface area contributed by atoms with E-state index in [-0.39, 0.29) is 10.5 Å². The summed E-state index contributed by atoms with van der Waals surface area (Å²) < 4.78 is 0. The predicted octanol–water partition coefficient (Wildman–Crippen LogP) is 7.12. The minimum Gasteiger partial charge on any atom is -0.305 e. The van der Waals surface area contributed by atoms with Crippen LogP contribution in [0.5, 0.6) is 0 Å². The second kappa shape index (κ2) is 7.48. The van der Waals surface area contributed by atoms with Crippen LogP contribution < -0.4 is 9.80 Å². The van der Waals surface area contributed by atoms with Crippen LogP contribution in [0.4, 0.5) is 23.0 Å². The van der Waals surface area contributed by atoms with Gasteiger partial charge in [-0.1, -0.05) is 83.7 Å². The number of hydrogen-bond donors (Lipinski definition) is 0. The Morgan fingerprint density at radius 2 is 1.23 bits per heavy atom. The van der Waals surface area contributed by atoms with Crippen LogP contribution >= 0.6 is 0 Å². The van der Waals surface area contributed by atoms with Crippen molar-refractivity contribution in [2.75, 3.05) is 16.5 Å². The van der Waals surface area contributed by atoms with Gasteiger partial charge in [0.25, 0.3) is 0 Å². The first kappa shape index (κ1) is 21.6. The van der Waals surface area contributed by atoms with E-state index in [0.717, 1.165) is 28.7 Å². The summed E-state index contributed by atoms with van der Waals surface area (Å²) in [4.78, 5) is 14.8. The molecule has 1 aliphatic heterocycles. The smallest absolute Gasteiger partial charge is 0.178 e. The molecule has 0 saturated carbocycles. The summed E-state index contributed by atoms with van der Waals surface area (Å²) in [5.41, 5.74) is 3.23. The molecule has 0 amide bonds. The molecular weight excluding hydrogens is 396 g/mol. The largest absolute Gasteiger partial charge is 0.305 e. The molecule has 0 aliphatic carbocycles. The van der Waals surface area contributed by atoms with Gasteiger partial charge in [0.1, 0.15) is 6.67 Å². The number of hydrogen-bond acceptors (Lipinski definition) is 4. The highest BCUT2D eigenvalue weighted by atomic mass is 28.3. The van der Waals surface area contributed by atoms with Crippen molar-refractivity contribution < 1.29 is 0 Å². The van der Waals surface area contributed by atoms with Crippen molar-refractivity contribution in [1.29, 1.82) is 0 Å². The molecule has 1 aliphatic rings. The minimum atomic E-state index is -1.47. The van der Waals surface area contributed by atoms with Gasteiger partial charge in [-0.3, -0.25) is 0 Å². The number of benzene rings is 2. The Morgan fingerprint density at radius 1 is 0.742 bits per heavy atom. The molecule has 0 unspecified atom stereocenters. The Kier molecular flexibility index (Phi) is 5.21. The molecule has 3 aromatic rings. The van der Waals surface area contributed by atoms with Gasteiger partial charge in [0.05, 0.1) is 20.0 Å². The first-order chi connectivity index (χ1) is 14.5. The van der Waals surface area contributed by atoms with Crippen LogP contribution in [0.25, 0.3) is 0 Å². The average molecular weight is 431 g/mol. The molecule has 5 heteroatoms. The molecular formula is C26H34N4Si. The van der Waals surface area contributed by atoms with Crippen LogP contribution in [0.1, 0.15) is 33.4 Å². The lowest BCUT2D eigenvalue weighted by Gasteiger charge is -2.49. The van der Waals surface area contributed by atoms with Crippen molar-refractivity contribution in [3.63, 3.8) is 0 Å². The van der Waals surface area contributed by atoms with Crippen LogP contribution in [-0.4, -0.2) is 24.7 Å².